The molecule has 0 spiro atoms. The van der Waals surface area contributed by atoms with E-state index in [1.807, 2.05) is 29.2 Å². The molecule has 1 atom stereocenters. The third-order valence-corrected chi connectivity index (χ3v) is 4.31. The molecule has 118 valence electrons. The molecule has 23 heavy (non-hydrogen) atoms. The number of nitrogens with one attached hydrogen (secondary N) is 1. The minimum atomic E-state index is -0.427. The van der Waals surface area contributed by atoms with Crippen LogP contribution in [0.3, 0.4) is 0 Å². The van der Waals surface area contributed by atoms with Crippen LogP contribution in [0.1, 0.15) is 24.7 Å². The van der Waals surface area contributed by atoms with Crippen LogP contribution in [0.5, 0.6) is 0 Å². The first-order valence-corrected chi connectivity index (χ1v) is 7.52. The largest absolute Gasteiger partial charge is 0.406 e. The number of para-hydroxylation sites is 2. The molecule has 8 heteroatoms. The Balaban J connectivity index is 1.77. The summed E-state index contributed by atoms with van der Waals surface area (Å²) in [6.45, 7) is 0.752. The lowest BCUT2D eigenvalue weighted by atomic mass is 10.2. The van der Waals surface area contributed by atoms with Crippen LogP contribution in [0.4, 0.5) is 11.6 Å². The number of rotatable bonds is 3. The van der Waals surface area contributed by atoms with Gasteiger partial charge in [0, 0.05) is 13.6 Å². The van der Waals surface area contributed by atoms with Crippen LogP contribution >= 0.6 is 0 Å². The van der Waals surface area contributed by atoms with E-state index in [0.29, 0.717) is 5.82 Å². The molecule has 3 aromatic rings. The van der Waals surface area contributed by atoms with E-state index in [9.17, 15) is 10.1 Å². The van der Waals surface area contributed by atoms with Gasteiger partial charge in [0.05, 0.1) is 17.1 Å². The summed E-state index contributed by atoms with van der Waals surface area (Å²) in [5.41, 5.74) is 1.89. The van der Waals surface area contributed by atoms with Gasteiger partial charge < -0.3 is 20.0 Å². The van der Waals surface area contributed by atoms with Crippen molar-refractivity contribution in [1.29, 1.82) is 0 Å². The molecule has 1 N–H and O–H groups in total. The Morgan fingerprint density at radius 3 is 3.00 bits per heavy atom. The van der Waals surface area contributed by atoms with Gasteiger partial charge in [-0.3, -0.25) is 4.57 Å². The Morgan fingerprint density at radius 2 is 2.22 bits per heavy atom. The summed E-state index contributed by atoms with van der Waals surface area (Å²) >= 11 is 0. The van der Waals surface area contributed by atoms with E-state index in [0.717, 1.165) is 36.2 Å². The van der Waals surface area contributed by atoms with E-state index in [-0.39, 0.29) is 11.9 Å². The number of nitrogens with zero attached hydrogens (tertiary/aromatic N) is 5. The van der Waals surface area contributed by atoms with Gasteiger partial charge >= 0.3 is 5.82 Å². The maximum Gasteiger partial charge on any atom is 0.406 e. The molecule has 8 nitrogen and oxygen atoms in total. The predicted octanol–water partition coefficient (Wildman–Crippen LogP) is 2.55. The summed E-state index contributed by atoms with van der Waals surface area (Å²) in [6.07, 6.45) is 3.35. The van der Waals surface area contributed by atoms with Crippen LogP contribution in [0.25, 0.3) is 11.0 Å². The molecular formula is C15H16N6O2. The van der Waals surface area contributed by atoms with Crippen LogP contribution in [-0.4, -0.2) is 31.0 Å². The summed E-state index contributed by atoms with van der Waals surface area (Å²) in [5, 5.41) is 11.3. The average Bonchev–Trinajstić information content (AvgIpc) is 3.22. The number of aromatic amines is 1. The first kappa shape index (κ1) is 13.7. The number of hydrogen-bond acceptors (Lipinski definition) is 5. The van der Waals surface area contributed by atoms with Crippen molar-refractivity contribution in [2.24, 2.45) is 7.05 Å². The molecule has 1 saturated heterocycles. The molecule has 0 unspecified atom stereocenters. The van der Waals surface area contributed by atoms with Crippen molar-refractivity contribution in [3.05, 3.63) is 46.5 Å². The fourth-order valence-corrected chi connectivity index (χ4v) is 3.31. The van der Waals surface area contributed by atoms with Crippen molar-refractivity contribution >= 4 is 22.7 Å². The maximum atomic E-state index is 11.3. The van der Waals surface area contributed by atoms with Gasteiger partial charge in [0.15, 0.2) is 0 Å². The second kappa shape index (κ2) is 5.08. The van der Waals surface area contributed by atoms with Crippen molar-refractivity contribution < 1.29 is 4.92 Å². The van der Waals surface area contributed by atoms with Gasteiger partial charge in [-0.1, -0.05) is 12.1 Å². The molecule has 0 bridgehead atoms. The van der Waals surface area contributed by atoms with Gasteiger partial charge in [0.2, 0.25) is 12.1 Å². The summed E-state index contributed by atoms with van der Waals surface area (Å²) in [4.78, 5) is 24.8. The van der Waals surface area contributed by atoms with Crippen molar-refractivity contribution in [3.8, 4) is 0 Å². The maximum absolute atomic E-state index is 11.3. The molecular weight excluding hydrogens is 296 g/mol. The van der Waals surface area contributed by atoms with Crippen LogP contribution < -0.4 is 4.90 Å². The number of hydrogen-bond donors (Lipinski definition) is 1. The zero-order valence-electron chi connectivity index (χ0n) is 12.6. The number of aromatic nitrogens is 4. The van der Waals surface area contributed by atoms with Crippen molar-refractivity contribution in [2.75, 3.05) is 11.4 Å². The van der Waals surface area contributed by atoms with Crippen molar-refractivity contribution in [1.82, 2.24) is 19.5 Å². The third-order valence-electron chi connectivity index (χ3n) is 4.31. The number of aryl methyl sites for hydroxylation is 1. The minimum absolute atomic E-state index is 0.00324. The number of benzene rings is 1. The highest BCUT2D eigenvalue weighted by Gasteiger charge is 2.35. The monoisotopic (exact) mass is 312 g/mol. The average molecular weight is 312 g/mol. The summed E-state index contributed by atoms with van der Waals surface area (Å²) in [6, 6.07) is 7.85. The van der Waals surface area contributed by atoms with E-state index in [2.05, 4.69) is 15.0 Å². The Morgan fingerprint density at radius 1 is 1.39 bits per heavy atom. The van der Waals surface area contributed by atoms with Crippen LogP contribution in [0.2, 0.25) is 0 Å². The van der Waals surface area contributed by atoms with Crippen LogP contribution in [0, 0.1) is 10.1 Å². The van der Waals surface area contributed by atoms with Crippen molar-refractivity contribution in [3.63, 3.8) is 0 Å². The van der Waals surface area contributed by atoms with Gasteiger partial charge in [0.1, 0.15) is 5.82 Å². The minimum Gasteiger partial charge on any atom is -0.358 e. The first-order chi connectivity index (χ1) is 11.1. The molecule has 2 aromatic heterocycles. The summed E-state index contributed by atoms with van der Waals surface area (Å²) in [7, 11) is 1.78. The number of anilines is 1. The van der Waals surface area contributed by atoms with E-state index in [1.54, 1.807) is 11.6 Å². The van der Waals surface area contributed by atoms with Crippen molar-refractivity contribution in [2.45, 2.75) is 18.9 Å². The SMILES string of the molecule is Cn1cnc([N+](=O)[O-])c1N1CCC[C@H]1c1nc2ccccc2[nH]1. The highest BCUT2D eigenvalue weighted by molar-refractivity contribution is 5.75. The zero-order valence-corrected chi connectivity index (χ0v) is 12.6. The fraction of sp³-hybridized carbons (Fsp3) is 0.333. The van der Waals surface area contributed by atoms with E-state index in [1.165, 1.54) is 6.33 Å². The summed E-state index contributed by atoms with van der Waals surface area (Å²) < 4.78 is 1.71. The Hall–Kier alpha value is -2.90. The van der Waals surface area contributed by atoms with Gasteiger partial charge in [-0.2, -0.15) is 0 Å². The topological polar surface area (TPSA) is 92.9 Å². The van der Waals surface area contributed by atoms with Crippen LogP contribution in [0.15, 0.2) is 30.6 Å². The Labute approximate surface area is 131 Å². The second-order valence-electron chi connectivity index (χ2n) is 5.75. The van der Waals surface area contributed by atoms with E-state index in [4.69, 9.17) is 0 Å². The number of fused-ring (bicyclic) bond motifs is 1. The molecule has 3 heterocycles. The quantitative estimate of drug-likeness (QED) is 0.592. The molecule has 0 radical (unpaired) electrons. The van der Waals surface area contributed by atoms with Crippen LogP contribution in [-0.2, 0) is 7.05 Å². The fourth-order valence-electron chi connectivity index (χ4n) is 3.31. The van der Waals surface area contributed by atoms with Gasteiger partial charge in [-0.15, -0.1) is 0 Å². The molecule has 0 saturated carbocycles. The van der Waals surface area contributed by atoms with Gasteiger partial charge in [0.25, 0.3) is 0 Å². The van der Waals surface area contributed by atoms with Gasteiger partial charge in [-0.25, -0.2) is 4.98 Å². The lowest BCUT2D eigenvalue weighted by Crippen LogP contribution is -2.26. The summed E-state index contributed by atoms with van der Waals surface area (Å²) in [5.74, 6) is 1.28. The van der Waals surface area contributed by atoms with E-state index < -0.39 is 4.92 Å². The highest BCUT2D eigenvalue weighted by Crippen LogP contribution is 2.39. The van der Waals surface area contributed by atoms with Gasteiger partial charge in [-0.05, 0) is 34.9 Å². The highest BCUT2D eigenvalue weighted by atomic mass is 16.6. The molecule has 1 aliphatic rings. The lowest BCUT2D eigenvalue weighted by Gasteiger charge is -2.24. The normalized spacial score (nSPS) is 18.0. The Bertz CT molecular complexity index is 850. The molecule has 4 rings (SSSR count). The lowest BCUT2D eigenvalue weighted by molar-refractivity contribution is -0.388. The number of imidazole rings is 2. The Kier molecular flexibility index (Phi) is 3.03. The molecule has 1 aromatic carbocycles. The standard InChI is InChI=1S/C15H16N6O2/c1-19-9-16-14(21(22)23)15(19)20-8-4-7-12(20)13-17-10-5-2-3-6-11(10)18-13/h2-3,5-6,9,12H,4,7-8H2,1H3,(H,17,18)/t12-/m0/s1. The third kappa shape index (κ3) is 2.14. The molecule has 1 fully saturated rings. The number of H-pyrrole nitrogens is 1. The second-order valence-corrected chi connectivity index (χ2v) is 5.75. The zero-order chi connectivity index (χ0) is 16.0. The smallest absolute Gasteiger partial charge is 0.358 e. The first-order valence-electron chi connectivity index (χ1n) is 7.52. The molecule has 1 aliphatic heterocycles. The molecule has 0 aliphatic carbocycles. The van der Waals surface area contributed by atoms with E-state index >= 15 is 0 Å². The predicted molar refractivity (Wildman–Crippen MR) is 85.3 cm³/mol. The molecule has 0 amide bonds. The number of nitro groups is 1.